The first-order valence-corrected chi connectivity index (χ1v) is 4.44. The van der Waals surface area contributed by atoms with Gasteiger partial charge in [0, 0.05) is 0 Å². The standard InChI is InChI=1S/C9H7NO2S/c1-12-9(11)8(5-10)4-7-2-3-13-6-7/h2-4,6H,1H3/b8-4-/i5+2. The Hall–Kier alpha value is -1.60. The Morgan fingerprint density at radius 3 is 3.00 bits per heavy atom. The van der Waals surface area contributed by atoms with Crippen LogP contribution in [0.2, 0.25) is 0 Å². The molecule has 0 aliphatic heterocycles. The summed E-state index contributed by atoms with van der Waals surface area (Å²) in [7, 11) is 1.25. The zero-order valence-corrected chi connectivity index (χ0v) is 7.80. The fraction of sp³-hybridized carbons (Fsp3) is 0.111. The van der Waals surface area contributed by atoms with Gasteiger partial charge in [0.15, 0.2) is 0 Å². The van der Waals surface area contributed by atoms with Crippen LogP contribution in [0.1, 0.15) is 5.56 Å². The van der Waals surface area contributed by atoms with Gasteiger partial charge in [0.1, 0.15) is 11.6 Å². The molecule has 1 heterocycles. The molecular formula is C9H7NO2S. The highest BCUT2D eigenvalue weighted by molar-refractivity contribution is 7.08. The molecule has 0 radical (unpaired) electrons. The van der Waals surface area contributed by atoms with Gasteiger partial charge in [0.05, 0.1) is 7.11 Å². The number of ether oxygens (including phenoxy) is 1. The van der Waals surface area contributed by atoms with E-state index in [4.69, 9.17) is 5.26 Å². The zero-order valence-electron chi connectivity index (χ0n) is 6.98. The van der Waals surface area contributed by atoms with E-state index >= 15 is 0 Å². The van der Waals surface area contributed by atoms with E-state index in [1.807, 2.05) is 16.8 Å². The van der Waals surface area contributed by atoms with E-state index in [0.29, 0.717) is 0 Å². The maximum Gasteiger partial charge on any atom is 0.348 e. The summed E-state index contributed by atoms with van der Waals surface area (Å²) in [6.07, 6.45) is 1.50. The third kappa shape index (κ3) is 2.42. The highest BCUT2D eigenvalue weighted by atomic mass is 32.1. The monoisotopic (exact) mass is 195 g/mol. The molecule has 0 aliphatic carbocycles. The Morgan fingerprint density at radius 1 is 1.77 bits per heavy atom. The van der Waals surface area contributed by atoms with Gasteiger partial charge in [-0.3, -0.25) is 0 Å². The maximum atomic E-state index is 11.0. The molecule has 0 aromatic carbocycles. The van der Waals surface area contributed by atoms with Crippen LogP contribution in [0.25, 0.3) is 6.08 Å². The SMILES string of the molecule is COC(=O)/C(=C\c1ccsc1)[14C]#N. The second-order valence-corrected chi connectivity index (χ2v) is 3.00. The van der Waals surface area contributed by atoms with Crippen molar-refractivity contribution in [3.05, 3.63) is 28.0 Å². The molecule has 0 unspecified atom stereocenters. The van der Waals surface area contributed by atoms with E-state index in [1.54, 1.807) is 6.07 Å². The molecule has 0 fully saturated rings. The van der Waals surface area contributed by atoms with Crippen molar-refractivity contribution >= 4 is 23.4 Å². The molecule has 0 amide bonds. The predicted molar refractivity (Wildman–Crippen MR) is 49.9 cm³/mol. The molecule has 1 rings (SSSR count). The summed E-state index contributed by atoms with van der Waals surface area (Å²) in [5.41, 5.74) is 0.854. The molecule has 0 saturated carbocycles. The van der Waals surface area contributed by atoms with Crippen LogP contribution in [0.3, 0.4) is 0 Å². The van der Waals surface area contributed by atoms with Crippen molar-refractivity contribution in [1.29, 1.82) is 5.26 Å². The summed E-state index contributed by atoms with van der Waals surface area (Å²) in [5, 5.41) is 12.3. The Bertz CT molecular complexity index is 359. The smallest absolute Gasteiger partial charge is 0.348 e. The average Bonchev–Trinajstić information content (AvgIpc) is 2.65. The van der Waals surface area contributed by atoms with Crippen molar-refractivity contribution in [3.63, 3.8) is 0 Å². The topological polar surface area (TPSA) is 50.1 Å². The first kappa shape index (κ1) is 9.49. The number of nitriles is 1. The minimum absolute atomic E-state index is 0.0147. The number of carbonyl (C=O) groups is 1. The normalized spacial score (nSPS) is 10.6. The minimum Gasteiger partial charge on any atom is -0.465 e. The second kappa shape index (κ2) is 4.43. The van der Waals surface area contributed by atoms with E-state index in [2.05, 4.69) is 4.74 Å². The van der Waals surface area contributed by atoms with Gasteiger partial charge < -0.3 is 4.74 Å². The number of esters is 1. The number of nitrogens with zero attached hydrogens (tertiary/aromatic N) is 1. The number of hydrogen-bond donors (Lipinski definition) is 0. The highest BCUT2D eigenvalue weighted by Gasteiger charge is 2.07. The molecule has 0 N–H and O–H groups in total. The quantitative estimate of drug-likeness (QED) is 0.411. The number of hydrogen-bond acceptors (Lipinski definition) is 4. The lowest BCUT2D eigenvalue weighted by Gasteiger charge is -1.93. The molecule has 0 saturated heterocycles. The van der Waals surface area contributed by atoms with E-state index in [-0.39, 0.29) is 5.57 Å². The fourth-order valence-electron chi connectivity index (χ4n) is 0.771. The van der Waals surface area contributed by atoms with Crippen LogP contribution in [0.4, 0.5) is 0 Å². The molecule has 13 heavy (non-hydrogen) atoms. The van der Waals surface area contributed by atoms with E-state index in [9.17, 15) is 4.79 Å². The summed E-state index contributed by atoms with van der Waals surface area (Å²) in [5.74, 6) is -0.603. The summed E-state index contributed by atoms with van der Waals surface area (Å²) in [4.78, 5) is 11.0. The van der Waals surface area contributed by atoms with Crippen molar-refractivity contribution in [2.75, 3.05) is 7.11 Å². The van der Waals surface area contributed by atoms with E-state index < -0.39 is 5.97 Å². The molecule has 66 valence electrons. The average molecular weight is 195 g/mol. The molecule has 0 atom stereocenters. The second-order valence-electron chi connectivity index (χ2n) is 2.22. The van der Waals surface area contributed by atoms with Gasteiger partial charge in [-0.25, -0.2) is 4.79 Å². The van der Waals surface area contributed by atoms with Crippen LogP contribution in [0.5, 0.6) is 0 Å². The minimum atomic E-state index is -0.603. The molecule has 4 heteroatoms. The molecular weight excluding hydrogens is 188 g/mol. The van der Waals surface area contributed by atoms with Crippen molar-refractivity contribution < 1.29 is 9.53 Å². The largest absolute Gasteiger partial charge is 0.465 e. The van der Waals surface area contributed by atoms with Gasteiger partial charge >= 0.3 is 5.97 Å². The molecule has 0 bridgehead atoms. The Kier molecular flexibility index (Phi) is 3.23. The van der Waals surface area contributed by atoms with Crippen LogP contribution in [-0.2, 0) is 9.53 Å². The Balaban J connectivity index is 2.91. The Labute approximate surface area is 79.9 Å². The van der Waals surface area contributed by atoms with Crippen LogP contribution >= 0.6 is 11.3 Å². The summed E-state index contributed by atoms with van der Waals surface area (Å²) < 4.78 is 4.43. The van der Waals surface area contributed by atoms with E-state index in [1.165, 1.54) is 24.5 Å². The number of rotatable bonds is 2. The zero-order chi connectivity index (χ0) is 9.68. The lowest BCUT2D eigenvalue weighted by Crippen LogP contribution is -2.02. The summed E-state index contributed by atoms with van der Waals surface area (Å²) >= 11 is 1.51. The van der Waals surface area contributed by atoms with Crippen LogP contribution in [0.15, 0.2) is 22.4 Å². The van der Waals surface area contributed by atoms with Gasteiger partial charge in [0.2, 0.25) is 0 Å². The fourth-order valence-corrected chi connectivity index (χ4v) is 1.39. The van der Waals surface area contributed by atoms with Gasteiger partial charge in [-0.2, -0.15) is 16.6 Å². The van der Waals surface area contributed by atoms with Crippen LogP contribution < -0.4 is 0 Å². The first-order chi connectivity index (χ1) is 6.27. The molecule has 3 nitrogen and oxygen atoms in total. The lowest BCUT2D eigenvalue weighted by molar-refractivity contribution is -0.135. The van der Waals surface area contributed by atoms with E-state index in [0.717, 1.165) is 5.56 Å². The number of carbonyl (C=O) groups excluding carboxylic acids is 1. The van der Waals surface area contributed by atoms with Crippen LogP contribution in [0, 0.1) is 11.3 Å². The maximum absolute atomic E-state index is 11.0. The molecule has 0 spiro atoms. The lowest BCUT2D eigenvalue weighted by atomic mass is 10.3. The predicted octanol–water partition coefficient (Wildman–Crippen LogP) is 1.83. The third-order valence-electron chi connectivity index (χ3n) is 1.38. The van der Waals surface area contributed by atoms with Crippen molar-refractivity contribution in [3.8, 4) is 6.07 Å². The van der Waals surface area contributed by atoms with Crippen molar-refractivity contribution in [1.82, 2.24) is 0 Å². The van der Waals surface area contributed by atoms with Gasteiger partial charge in [0.25, 0.3) is 0 Å². The van der Waals surface area contributed by atoms with Crippen molar-refractivity contribution in [2.45, 2.75) is 0 Å². The third-order valence-corrected chi connectivity index (χ3v) is 2.08. The van der Waals surface area contributed by atoms with Crippen LogP contribution in [-0.4, -0.2) is 13.1 Å². The highest BCUT2D eigenvalue weighted by Crippen LogP contribution is 2.11. The van der Waals surface area contributed by atoms with Gasteiger partial charge in [-0.15, -0.1) is 0 Å². The molecule has 1 aromatic rings. The first-order valence-electron chi connectivity index (χ1n) is 3.50. The Morgan fingerprint density at radius 2 is 2.54 bits per heavy atom. The number of methoxy groups -OCH3 is 1. The van der Waals surface area contributed by atoms with Gasteiger partial charge in [-0.1, -0.05) is 0 Å². The molecule has 0 aliphatic rings. The summed E-state index contributed by atoms with van der Waals surface area (Å²) in [6.45, 7) is 0. The number of thiophene rings is 1. The van der Waals surface area contributed by atoms with Crippen molar-refractivity contribution in [2.24, 2.45) is 0 Å². The molecule has 1 aromatic heterocycles. The summed E-state index contributed by atoms with van der Waals surface area (Å²) in [6, 6.07) is 3.61. The van der Waals surface area contributed by atoms with Gasteiger partial charge in [-0.05, 0) is 28.5 Å².